The minimum Gasteiger partial charge on any atom is -0.374 e. The number of nitrogens with zero attached hydrogens (tertiary/aromatic N) is 1. The van der Waals surface area contributed by atoms with Gasteiger partial charge < -0.3 is 5.32 Å². The molecule has 0 fully saturated rings. The van der Waals surface area contributed by atoms with E-state index >= 15 is 0 Å². The zero-order valence-electron chi connectivity index (χ0n) is 14.3. The summed E-state index contributed by atoms with van der Waals surface area (Å²) in [5, 5.41) is 7.26. The van der Waals surface area contributed by atoms with Crippen LogP contribution in [-0.2, 0) is 4.79 Å². The van der Waals surface area contributed by atoms with Crippen molar-refractivity contribution in [2.45, 2.75) is 26.8 Å². The zero-order valence-corrected chi connectivity index (χ0v) is 14.3. The summed E-state index contributed by atoms with van der Waals surface area (Å²) in [5.41, 5.74) is 6.50. The van der Waals surface area contributed by atoms with Crippen LogP contribution in [0.4, 0.5) is 5.69 Å². The first-order valence-corrected chi connectivity index (χ1v) is 7.95. The molecule has 1 amide bonds. The Labute approximate surface area is 143 Å². The quantitative estimate of drug-likeness (QED) is 0.624. The molecular formula is C20H23N3O. The maximum absolute atomic E-state index is 12.1. The van der Waals surface area contributed by atoms with Gasteiger partial charge in [0.15, 0.2) is 0 Å². The Morgan fingerprint density at radius 2 is 1.75 bits per heavy atom. The van der Waals surface area contributed by atoms with Crippen molar-refractivity contribution in [1.82, 2.24) is 5.43 Å². The number of rotatable bonds is 6. The second-order valence-corrected chi connectivity index (χ2v) is 5.71. The van der Waals surface area contributed by atoms with Crippen LogP contribution in [0.5, 0.6) is 0 Å². The molecule has 0 saturated heterocycles. The maximum atomic E-state index is 12.1. The van der Waals surface area contributed by atoms with Gasteiger partial charge in [-0.3, -0.25) is 4.79 Å². The van der Waals surface area contributed by atoms with E-state index in [1.165, 1.54) is 5.56 Å². The van der Waals surface area contributed by atoms with E-state index in [-0.39, 0.29) is 11.9 Å². The molecular weight excluding hydrogens is 298 g/mol. The minimum absolute atomic E-state index is 0.178. The number of carbonyl (C=O) groups is 1. The summed E-state index contributed by atoms with van der Waals surface area (Å²) in [6.45, 7) is 5.68. The molecule has 1 atom stereocenters. The van der Waals surface area contributed by atoms with E-state index in [0.717, 1.165) is 17.0 Å². The SMILES string of the molecule is CC(/C=C/c1ccccc1)=NNC(=O)[C@@H](C)Nc1ccc(C)cc1. The van der Waals surface area contributed by atoms with Gasteiger partial charge in [0.1, 0.15) is 6.04 Å². The van der Waals surface area contributed by atoms with Crippen LogP contribution in [-0.4, -0.2) is 17.7 Å². The Morgan fingerprint density at radius 3 is 2.42 bits per heavy atom. The topological polar surface area (TPSA) is 53.5 Å². The Kier molecular flexibility index (Phi) is 6.32. The Morgan fingerprint density at radius 1 is 1.08 bits per heavy atom. The second kappa shape index (κ2) is 8.67. The van der Waals surface area contributed by atoms with E-state index in [9.17, 15) is 4.79 Å². The molecule has 24 heavy (non-hydrogen) atoms. The van der Waals surface area contributed by atoms with Gasteiger partial charge in [0, 0.05) is 5.69 Å². The van der Waals surface area contributed by atoms with Gasteiger partial charge >= 0.3 is 0 Å². The number of carbonyl (C=O) groups excluding carboxylic acids is 1. The number of amides is 1. The molecule has 0 radical (unpaired) electrons. The third kappa shape index (κ3) is 5.72. The summed E-state index contributed by atoms with van der Waals surface area (Å²) in [5.74, 6) is -0.178. The van der Waals surface area contributed by atoms with Crippen molar-refractivity contribution in [3.8, 4) is 0 Å². The van der Waals surface area contributed by atoms with Crippen molar-refractivity contribution < 1.29 is 4.79 Å². The molecule has 0 aliphatic carbocycles. The largest absolute Gasteiger partial charge is 0.374 e. The molecule has 4 nitrogen and oxygen atoms in total. The fraction of sp³-hybridized carbons (Fsp3) is 0.200. The summed E-state index contributed by atoms with van der Waals surface area (Å²) in [4.78, 5) is 12.1. The van der Waals surface area contributed by atoms with E-state index in [4.69, 9.17) is 0 Å². The monoisotopic (exact) mass is 321 g/mol. The number of nitrogens with one attached hydrogen (secondary N) is 2. The molecule has 124 valence electrons. The number of aryl methyl sites for hydroxylation is 1. The molecule has 0 bridgehead atoms. The van der Waals surface area contributed by atoms with Gasteiger partial charge in [-0.15, -0.1) is 0 Å². The molecule has 0 heterocycles. The van der Waals surface area contributed by atoms with Crippen molar-refractivity contribution in [2.24, 2.45) is 5.10 Å². The normalized spacial score (nSPS) is 12.9. The predicted molar refractivity (Wildman–Crippen MR) is 101 cm³/mol. The highest BCUT2D eigenvalue weighted by atomic mass is 16.2. The highest BCUT2D eigenvalue weighted by Gasteiger charge is 2.11. The first-order chi connectivity index (χ1) is 11.5. The van der Waals surface area contributed by atoms with Crippen LogP contribution >= 0.6 is 0 Å². The molecule has 0 unspecified atom stereocenters. The molecule has 2 rings (SSSR count). The van der Waals surface area contributed by atoms with Crippen LogP contribution in [0.1, 0.15) is 25.0 Å². The van der Waals surface area contributed by atoms with Gasteiger partial charge in [-0.05, 0) is 44.5 Å². The van der Waals surface area contributed by atoms with Crippen LogP contribution in [0.2, 0.25) is 0 Å². The third-order valence-corrected chi connectivity index (χ3v) is 3.49. The second-order valence-electron chi connectivity index (χ2n) is 5.71. The highest BCUT2D eigenvalue weighted by Crippen LogP contribution is 2.10. The van der Waals surface area contributed by atoms with Crippen molar-refractivity contribution in [3.05, 3.63) is 71.8 Å². The van der Waals surface area contributed by atoms with Gasteiger partial charge in [-0.2, -0.15) is 5.10 Å². The summed E-state index contributed by atoms with van der Waals surface area (Å²) in [6.07, 6.45) is 3.83. The highest BCUT2D eigenvalue weighted by molar-refractivity contribution is 5.97. The Balaban J connectivity index is 1.86. The third-order valence-electron chi connectivity index (χ3n) is 3.49. The van der Waals surface area contributed by atoms with Gasteiger partial charge in [0.25, 0.3) is 5.91 Å². The van der Waals surface area contributed by atoms with E-state index in [0.29, 0.717) is 0 Å². The lowest BCUT2D eigenvalue weighted by molar-refractivity contribution is -0.121. The molecule has 0 aliphatic heterocycles. The standard InChI is InChI=1S/C20H23N3O/c1-15-9-13-19(14-10-15)21-17(3)20(24)23-22-16(2)11-12-18-7-5-4-6-8-18/h4-14,17,21H,1-3H3,(H,23,24)/b12-11+,22-16?/t17-/m1/s1. The van der Waals surface area contributed by atoms with Crippen LogP contribution in [0.25, 0.3) is 6.08 Å². The minimum atomic E-state index is -0.373. The van der Waals surface area contributed by atoms with Gasteiger partial charge in [0.2, 0.25) is 0 Å². The molecule has 0 spiro atoms. The van der Waals surface area contributed by atoms with E-state index in [2.05, 4.69) is 15.8 Å². The van der Waals surface area contributed by atoms with Gasteiger partial charge in [-0.25, -0.2) is 5.43 Å². The van der Waals surface area contributed by atoms with E-state index in [1.807, 2.05) is 80.6 Å². The summed E-state index contributed by atoms with van der Waals surface area (Å²) < 4.78 is 0. The summed E-state index contributed by atoms with van der Waals surface area (Å²) in [7, 11) is 0. The van der Waals surface area contributed by atoms with Crippen molar-refractivity contribution in [2.75, 3.05) is 5.32 Å². The summed E-state index contributed by atoms with van der Waals surface area (Å²) >= 11 is 0. The molecule has 4 heteroatoms. The van der Waals surface area contributed by atoms with Crippen LogP contribution in [0, 0.1) is 6.92 Å². The molecule has 2 aromatic rings. The molecule has 2 N–H and O–H groups in total. The van der Waals surface area contributed by atoms with Crippen LogP contribution < -0.4 is 10.7 Å². The van der Waals surface area contributed by atoms with Crippen molar-refractivity contribution in [1.29, 1.82) is 0 Å². The maximum Gasteiger partial charge on any atom is 0.262 e. The van der Waals surface area contributed by atoms with Gasteiger partial charge in [0.05, 0.1) is 5.71 Å². The number of allylic oxidation sites excluding steroid dienone is 1. The predicted octanol–water partition coefficient (Wildman–Crippen LogP) is 4.00. The molecule has 0 aromatic heterocycles. The average Bonchev–Trinajstić information content (AvgIpc) is 2.60. The first-order valence-electron chi connectivity index (χ1n) is 7.95. The smallest absolute Gasteiger partial charge is 0.262 e. The lowest BCUT2D eigenvalue weighted by Gasteiger charge is -2.13. The zero-order chi connectivity index (χ0) is 17.4. The number of hydrazone groups is 1. The average molecular weight is 321 g/mol. The van der Waals surface area contributed by atoms with Crippen molar-refractivity contribution in [3.63, 3.8) is 0 Å². The van der Waals surface area contributed by atoms with E-state index in [1.54, 1.807) is 6.92 Å². The number of hydrogen-bond donors (Lipinski definition) is 2. The lowest BCUT2D eigenvalue weighted by Crippen LogP contribution is -2.35. The Hall–Kier alpha value is -2.88. The lowest BCUT2D eigenvalue weighted by atomic mass is 10.2. The fourth-order valence-corrected chi connectivity index (χ4v) is 2.02. The molecule has 0 aliphatic rings. The number of anilines is 1. The first kappa shape index (κ1) is 17.5. The van der Waals surface area contributed by atoms with Crippen LogP contribution in [0.3, 0.4) is 0 Å². The number of hydrogen-bond acceptors (Lipinski definition) is 3. The van der Waals surface area contributed by atoms with Crippen LogP contribution in [0.15, 0.2) is 65.8 Å². The Bertz CT molecular complexity index is 718. The number of benzene rings is 2. The van der Waals surface area contributed by atoms with Crippen molar-refractivity contribution >= 4 is 23.4 Å². The van der Waals surface area contributed by atoms with Gasteiger partial charge in [-0.1, -0.05) is 54.1 Å². The fourth-order valence-electron chi connectivity index (χ4n) is 2.02. The molecule has 2 aromatic carbocycles. The summed E-state index contributed by atoms with van der Waals surface area (Å²) in [6, 6.07) is 17.5. The van der Waals surface area contributed by atoms with E-state index < -0.39 is 0 Å². The molecule has 0 saturated carbocycles.